The van der Waals surface area contributed by atoms with Crippen molar-refractivity contribution in [3.8, 4) is 5.75 Å². The van der Waals surface area contributed by atoms with Crippen molar-refractivity contribution < 1.29 is 19.4 Å². The van der Waals surface area contributed by atoms with Gasteiger partial charge < -0.3 is 14.7 Å². The van der Waals surface area contributed by atoms with Gasteiger partial charge in [-0.05, 0) is 24.6 Å². The SMILES string of the molecule is CC[C@H]1C=CCN1C(=O)c1cc(OC)cc(C(=O)O)c1. The predicted molar refractivity (Wildman–Crippen MR) is 74.2 cm³/mol. The number of benzene rings is 1. The van der Waals surface area contributed by atoms with E-state index < -0.39 is 5.97 Å². The highest BCUT2D eigenvalue weighted by Crippen LogP contribution is 2.22. The van der Waals surface area contributed by atoms with Crippen LogP contribution in [0.5, 0.6) is 5.75 Å². The Kier molecular flexibility index (Phi) is 4.08. The molecule has 0 fully saturated rings. The Morgan fingerprint density at radius 1 is 1.35 bits per heavy atom. The Balaban J connectivity index is 2.34. The van der Waals surface area contributed by atoms with E-state index in [0.717, 1.165) is 6.42 Å². The zero-order chi connectivity index (χ0) is 14.7. The van der Waals surface area contributed by atoms with Crippen molar-refractivity contribution in [3.63, 3.8) is 0 Å². The molecule has 5 nitrogen and oxygen atoms in total. The predicted octanol–water partition coefficient (Wildman–Crippen LogP) is 2.18. The number of carbonyl (C=O) groups excluding carboxylic acids is 1. The Bertz CT molecular complexity index is 565. The van der Waals surface area contributed by atoms with Crippen molar-refractivity contribution >= 4 is 11.9 Å². The molecular formula is C15H17NO4. The molecule has 0 spiro atoms. The van der Waals surface area contributed by atoms with Crippen molar-refractivity contribution in [2.24, 2.45) is 0 Å². The van der Waals surface area contributed by atoms with Crippen LogP contribution in [0.25, 0.3) is 0 Å². The van der Waals surface area contributed by atoms with Crippen molar-refractivity contribution in [3.05, 3.63) is 41.5 Å². The lowest BCUT2D eigenvalue weighted by atomic mass is 10.1. The standard InChI is InChI=1S/C15H17NO4/c1-3-12-5-4-6-16(12)14(17)10-7-11(15(18)19)9-13(8-10)20-2/h4-5,7-9,12H,3,6H2,1-2H3,(H,18,19)/t12-/m0/s1. The fourth-order valence-electron chi connectivity index (χ4n) is 2.29. The van der Waals surface area contributed by atoms with Gasteiger partial charge in [-0.25, -0.2) is 4.79 Å². The van der Waals surface area contributed by atoms with Gasteiger partial charge in [-0.15, -0.1) is 0 Å². The van der Waals surface area contributed by atoms with Gasteiger partial charge in [0.15, 0.2) is 0 Å². The number of amides is 1. The topological polar surface area (TPSA) is 66.8 Å². The molecule has 1 amide bonds. The summed E-state index contributed by atoms with van der Waals surface area (Å²) in [4.78, 5) is 25.3. The molecule has 0 saturated carbocycles. The van der Waals surface area contributed by atoms with Gasteiger partial charge in [0, 0.05) is 12.1 Å². The maximum Gasteiger partial charge on any atom is 0.335 e. The van der Waals surface area contributed by atoms with Crippen molar-refractivity contribution in [1.82, 2.24) is 4.90 Å². The van der Waals surface area contributed by atoms with E-state index in [-0.39, 0.29) is 17.5 Å². The molecule has 0 aromatic heterocycles. The van der Waals surface area contributed by atoms with Gasteiger partial charge >= 0.3 is 5.97 Å². The molecule has 20 heavy (non-hydrogen) atoms. The van der Waals surface area contributed by atoms with Crippen LogP contribution < -0.4 is 4.74 Å². The number of hydrogen-bond donors (Lipinski definition) is 1. The second kappa shape index (κ2) is 5.77. The fourth-order valence-corrected chi connectivity index (χ4v) is 2.29. The van der Waals surface area contributed by atoms with Gasteiger partial charge in [0.1, 0.15) is 5.75 Å². The molecule has 0 radical (unpaired) electrons. The van der Waals surface area contributed by atoms with Crippen LogP contribution in [0, 0.1) is 0 Å². The van der Waals surface area contributed by atoms with Crippen LogP contribution in [0.3, 0.4) is 0 Å². The lowest BCUT2D eigenvalue weighted by Gasteiger charge is -2.24. The highest BCUT2D eigenvalue weighted by Gasteiger charge is 2.25. The van der Waals surface area contributed by atoms with Gasteiger partial charge in [0.25, 0.3) is 5.91 Å². The van der Waals surface area contributed by atoms with Crippen LogP contribution in [-0.2, 0) is 0 Å². The molecule has 0 unspecified atom stereocenters. The molecule has 0 aliphatic carbocycles. The molecule has 1 aliphatic rings. The molecule has 1 atom stereocenters. The van der Waals surface area contributed by atoms with Crippen molar-refractivity contribution in [2.45, 2.75) is 19.4 Å². The zero-order valence-corrected chi connectivity index (χ0v) is 11.5. The van der Waals surface area contributed by atoms with Crippen LogP contribution in [0.4, 0.5) is 0 Å². The van der Waals surface area contributed by atoms with Crippen LogP contribution in [0.15, 0.2) is 30.4 Å². The van der Waals surface area contributed by atoms with Gasteiger partial charge in [-0.3, -0.25) is 4.79 Å². The van der Waals surface area contributed by atoms with Gasteiger partial charge in [0.05, 0.1) is 18.7 Å². The number of methoxy groups -OCH3 is 1. The third-order valence-corrected chi connectivity index (χ3v) is 3.38. The van der Waals surface area contributed by atoms with Crippen LogP contribution in [0.1, 0.15) is 34.1 Å². The monoisotopic (exact) mass is 275 g/mol. The smallest absolute Gasteiger partial charge is 0.335 e. The number of carboxylic acids is 1. The summed E-state index contributed by atoms with van der Waals surface area (Å²) in [5.41, 5.74) is 0.386. The van der Waals surface area contributed by atoms with E-state index in [0.29, 0.717) is 17.9 Å². The summed E-state index contributed by atoms with van der Waals surface area (Å²) < 4.78 is 5.06. The molecule has 1 aromatic rings. The number of ether oxygens (including phenoxy) is 1. The van der Waals surface area contributed by atoms with E-state index in [1.54, 1.807) is 11.0 Å². The van der Waals surface area contributed by atoms with Crippen LogP contribution in [0.2, 0.25) is 0 Å². The minimum absolute atomic E-state index is 0.0490. The first-order valence-corrected chi connectivity index (χ1v) is 6.46. The summed E-state index contributed by atoms with van der Waals surface area (Å²) in [6.07, 6.45) is 4.78. The zero-order valence-electron chi connectivity index (χ0n) is 11.5. The van der Waals surface area contributed by atoms with E-state index in [2.05, 4.69) is 0 Å². The summed E-state index contributed by atoms with van der Waals surface area (Å²) >= 11 is 0. The normalized spacial score (nSPS) is 17.3. The quantitative estimate of drug-likeness (QED) is 0.855. The second-order valence-electron chi connectivity index (χ2n) is 4.62. The maximum atomic E-state index is 12.5. The molecule has 1 aromatic carbocycles. The summed E-state index contributed by atoms with van der Waals surface area (Å²) in [7, 11) is 1.45. The first-order valence-electron chi connectivity index (χ1n) is 6.46. The van der Waals surface area contributed by atoms with Gasteiger partial charge in [-0.2, -0.15) is 0 Å². The number of carboxylic acid groups (broad SMARTS) is 1. The minimum Gasteiger partial charge on any atom is -0.497 e. The van der Waals surface area contributed by atoms with Gasteiger partial charge in [0.2, 0.25) is 0 Å². The number of hydrogen-bond acceptors (Lipinski definition) is 3. The second-order valence-corrected chi connectivity index (χ2v) is 4.62. The molecule has 1 heterocycles. The molecular weight excluding hydrogens is 258 g/mol. The third kappa shape index (κ3) is 2.66. The van der Waals surface area contributed by atoms with Crippen molar-refractivity contribution in [1.29, 1.82) is 0 Å². The van der Waals surface area contributed by atoms with E-state index in [1.165, 1.54) is 19.2 Å². The highest BCUT2D eigenvalue weighted by molar-refractivity contribution is 5.98. The molecule has 106 valence electrons. The largest absolute Gasteiger partial charge is 0.497 e. The molecule has 2 rings (SSSR count). The molecule has 1 aliphatic heterocycles. The van der Waals surface area contributed by atoms with E-state index in [9.17, 15) is 9.59 Å². The third-order valence-electron chi connectivity index (χ3n) is 3.38. The fraction of sp³-hybridized carbons (Fsp3) is 0.333. The first-order chi connectivity index (χ1) is 9.56. The lowest BCUT2D eigenvalue weighted by molar-refractivity contribution is 0.0696. The van der Waals surface area contributed by atoms with E-state index in [1.807, 2.05) is 19.1 Å². The van der Waals surface area contributed by atoms with Crippen LogP contribution in [-0.4, -0.2) is 41.6 Å². The van der Waals surface area contributed by atoms with Gasteiger partial charge in [-0.1, -0.05) is 19.1 Å². The minimum atomic E-state index is -1.08. The highest BCUT2D eigenvalue weighted by atomic mass is 16.5. The number of nitrogens with zero attached hydrogens (tertiary/aromatic N) is 1. The Labute approximate surface area is 117 Å². The molecule has 5 heteroatoms. The molecule has 1 N–H and O–H groups in total. The molecule has 0 saturated heterocycles. The van der Waals surface area contributed by atoms with Crippen LogP contribution >= 0.6 is 0 Å². The number of rotatable bonds is 4. The average molecular weight is 275 g/mol. The number of carbonyl (C=O) groups is 2. The van der Waals surface area contributed by atoms with E-state index >= 15 is 0 Å². The van der Waals surface area contributed by atoms with Crippen molar-refractivity contribution in [2.75, 3.05) is 13.7 Å². The Morgan fingerprint density at radius 3 is 2.65 bits per heavy atom. The average Bonchev–Trinajstić information content (AvgIpc) is 2.94. The Morgan fingerprint density at radius 2 is 2.05 bits per heavy atom. The summed E-state index contributed by atoms with van der Waals surface area (Å²) in [6.45, 7) is 2.56. The lowest BCUT2D eigenvalue weighted by Crippen LogP contribution is -2.35. The van der Waals surface area contributed by atoms with E-state index in [4.69, 9.17) is 9.84 Å². The summed E-state index contributed by atoms with van der Waals surface area (Å²) in [6, 6.07) is 4.43. The number of aromatic carboxylic acids is 1. The summed E-state index contributed by atoms with van der Waals surface area (Å²) in [5, 5.41) is 9.08. The summed E-state index contributed by atoms with van der Waals surface area (Å²) in [5.74, 6) is -0.888. The molecule has 0 bridgehead atoms. The maximum absolute atomic E-state index is 12.5. The Hall–Kier alpha value is -2.30. The first kappa shape index (κ1) is 14.1.